The topological polar surface area (TPSA) is 78.9 Å². The van der Waals surface area contributed by atoms with E-state index >= 15 is 0 Å². The molecule has 0 saturated carbocycles. The molecule has 2 amide bonds. The van der Waals surface area contributed by atoms with Gasteiger partial charge < -0.3 is 20.1 Å². The highest BCUT2D eigenvalue weighted by Crippen LogP contribution is 2.19. The molecule has 1 rings (SSSR count). The highest BCUT2D eigenvalue weighted by molar-refractivity contribution is 5.74. The average Bonchev–Trinajstić information content (AvgIpc) is 2.35. The van der Waals surface area contributed by atoms with Crippen molar-refractivity contribution in [2.75, 3.05) is 26.7 Å². The fourth-order valence-electron chi connectivity index (χ4n) is 2.27. The highest BCUT2D eigenvalue weighted by atomic mass is 16.5. The van der Waals surface area contributed by atoms with Crippen LogP contribution in [0.3, 0.4) is 0 Å². The van der Waals surface area contributed by atoms with E-state index in [1.54, 1.807) is 12.0 Å². The Bertz CT molecular complexity index is 322. The maximum atomic E-state index is 12.0. The second kappa shape index (κ2) is 7.33. The predicted molar refractivity (Wildman–Crippen MR) is 71.0 cm³/mol. The molecule has 0 aliphatic carbocycles. The van der Waals surface area contributed by atoms with Gasteiger partial charge in [-0.1, -0.05) is 13.8 Å². The van der Waals surface area contributed by atoms with E-state index in [2.05, 4.69) is 12.2 Å². The summed E-state index contributed by atoms with van der Waals surface area (Å²) in [4.78, 5) is 24.2. The van der Waals surface area contributed by atoms with Crippen molar-refractivity contribution in [1.82, 2.24) is 10.2 Å². The first-order valence-corrected chi connectivity index (χ1v) is 6.71. The fraction of sp³-hybridized carbons (Fsp3) is 0.846. The van der Waals surface area contributed by atoms with E-state index in [0.29, 0.717) is 19.0 Å². The smallest absolute Gasteiger partial charge is 0.317 e. The van der Waals surface area contributed by atoms with Crippen LogP contribution >= 0.6 is 0 Å². The Morgan fingerprint density at radius 2 is 2.21 bits per heavy atom. The molecule has 1 heterocycles. The summed E-state index contributed by atoms with van der Waals surface area (Å²) < 4.78 is 5.36. The minimum Gasteiger partial charge on any atom is -0.481 e. The quantitative estimate of drug-likeness (QED) is 0.787. The number of nitrogens with one attached hydrogen (secondary N) is 1. The van der Waals surface area contributed by atoms with Crippen LogP contribution in [-0.4, -0.2) is 54.9 Å². The van der Waals surface area contributed by atoms with Gasteiger partial charge in [-0.3, -0.25) is 4.79 Å². The van der Waals surface area contributed by atoms with Crippen LogP contribution in [0.2, 0.25) is 0 Å². The molecule has 1 aliphatic rings. The minimum atomic E-state index is -0.840. The van der Waals surface area contributed by atoms with E-state index in [0.717, 1.165) is 13.0 Å². The SMILES string of the molecule is COC1CN(C(=O)NCC(C)CC(=O)O)CCC1C. The number of carbonyl (C=O) groups excluding carboxylic acids is 1. The third-order valence-corrected chi connectivity index (χ3v) is 3.60. The molecule has 1 fully saturated rings. The molecule has 0 radical (unpaired) electrons. The number of ether oxygens (including phenoxy) is 1. The lowest BCUT2D eigenvalue weighted by molar-refractivity contribution is -0.137. The molecule has 6 heteroatoms. The molecule has 0 aromatic heterocycles. The van der Waals surface area contributed by atoms with Gasteiger partial charge in [-0.2, -0.15) is 0 Å². The van der Waals surface area contributed by atoms with Crippen LogP contribution in [0.5, 0.6) is 0 Å². The zero-order chi connectivity index (χ0) is 14.4. The number of rotatable bonds is 5. The maximum absolute atomic E-state index is 12.0. The van der Waals surface area contributed by atoms with E-state index < -0.39 is 5.97 Å². The predicted octanol–water partition coefficient (Wildman–Crippen LogP) is 1.16. The normalized spacial score (nSPS) is 24.9. The lowest BCUT2D eigenvalue weighted by Crippen LogP contribution is -2.50. The van der Waals surface area contributed by atoms with Gasteiger partial charge in [0.25, 0.3) is 0 Å². The van der Waals surface area contributed by atoms with Crippen LogP contribution in [0.25, 0.3) is 0 Å². The molecule has 2 N–H and O–H groups in total. The van der Waals surface area contributed by atoms with E-state index in [4.69, 9.17) is 9.84 Å². The van der Waals surface area contributed by atoms with Gasteiger partial charge in [-0.15, -0.1) is 0 Å². The first kappa shape index (κ1) is 15.8. The van der Waals surface area contributed by atoms with E-state index in [9.17, 15) is 9.59 Å². The van der Waals surface area contributed by atoms with Crippen molar-refractivity contribution in [2.45, 2.75) is 32.8 Å². The van der Waals surface area contributed by atoms with Crippen molar-refractivity contribution in [1.29, 1.82) is 0 Å². The standard InChI is InChI=1S/C13H24N2O4/c1-9(6-12(16)17)7-14-13(18)15-5-4-10(2)11(8-15)19-3/h9-11H,4-8H2,1-3H3,(H,14,18)(H,16,17). The summed E-state index contributed by atoms with van der Waals surface area (Å²) in [5, 5.41) is 11.4. The lowest BCUT2D eigenvalue weighted by Gasteiger charge is -2.36. The van der Waals surface area contributed by atoms with Crippen molar-refractivity contribution in [2.24, 2.45) is 11.8 Å². The summed E-state index contributed by atoms with van der Waals surface area (Å²) in [6.45, 7) is 5.63. The Morgan fingerprint density at radius 3 is 2.79 bits per heavy atom. The second-order valence-corrected chi connectivity index (χ2v) is 5.38. The zero-order valence-corrected chi connectivity index (χ0v) is 11.9. The molecule has 110 valence electrons. The lowest BCUT2D eigenvalue weighted by atomic mass is 9.96. The van der Waals surface area contributed by atoms with Gasteiger partial charge in [-0.05, 0) is 18.3 Å². The number of likely N-dealkylation sites (tertiary alicyclic amines) is 1. The third-order valence-electron chi connectivity index (χ3n) is 3.60. The van der Waals surface area contributed by atoms with Gasteiger partial charge in [0.1, 0.15) is 0 Å². The first-order valence-electron chi connectivity index (χ1n) is 6.71. The summed E-state index contributed by atoms with van der Waals surface area (Å²) in [6.07, 6.45) is 1.07. The third kappa shape index (κ3) is 5.06. The van der Waals surface area contributed by atoms with Crippen LogP contribution in [-0.2, 0) is 9.53 Å². The van der Waals surface area contributed by atoms with Crippen LogP contribution in [0.4, 0.5) is 4.79 Å². The second-order valence-electron chi connectivity index (χ2n) is 5.38. The number of carboxylic acid groups (broad SMARTS) is 1. The number of amides is 2. The number of carbonyl (C=O) groups is 2. The molecule has 0 aromatic carbocycles. The molecule has 1 aliphatic heterocycles. The summed E-state index contributed by atoms with van der Waals surface area (Å²) in [5.74, 6) is -0.448. The number of urea groups is 1. The molecular weight excluding hydrogens is 248 g/mol. The number of aliphatic carboxylic acids is 1. The summed E-state index contributed by atoms with van der Waals surface area (Å²) in [6, 6.07) is -0.133. The maximum Gasteiger partial charge on any atom is 0.317 e. The molecule has 19 heavy (non-hydrogen) atoms. The summed E-state index contributed by atoms with van der Waals surface area (Å²) in [5.41, 5.74) is 0. The fourth-order valence-corrected chi connectivity index (χ4v) is 2.27. The Morgan fingerprint density at radius 1 is 1.53 bits per heavy atom. The molecular formula is C13H24N2O4. The molecule has 0 bridgehead atoms. The number of hydrogen-bond acceptors (Lipinski definition) is 3. The van der Waals surface area contributed by atoms with Gasteiger partial charge in [0.15, 0.2) is 0 Å². The van der Waals surface area contributed by atoms with Crippen LogP contribution in [0.1, 0.15) is 26.7 Å². The highest BCUT2D eigenvalue weighted by Gasteiger charge is 2.28. The van der Waals surface area contributed by atoms with Crippen molar-refractivity contribution in [3.63, 3.8) is 0 Å². The first-order chi connectivity index (χ1) is 8.93. The van der Waals surface area contributed by atoms with Gasteiger partial charge in [0, 0.05) is 33.2 Å². The molecule has 0 aromatic rings. The number of nitrogens with zero attached hydrogens (tertiary/aromatic N) is 1. The number of methoxy groups -OCH3 is 1. The largest absolute Gasteiger partial charge is 0.481 e. The summed E-state index contributed by atoms with van der Waals surface area (Å²) >= 11 is 0. The van der Waals surface area contributed by atoms with Crippen molar-refractivity contribution in [3.8, 4) is 0 Å². The Hall–Kier alpha value is -1.30. The Labute approximate surface area is 114 Å². The molecule has 6 nitrogen and oxygen atoms in total. The molecule has 1 saturated heterocycles. The Balaban J connectivity index is 2.35. The van der Waals surface area contributed by atoms with Crippen molar-refractivity contribution < 1.29 is 19.4 Å². The van der Waals surface area contributed by atoms with E-state index in [1.807, 2.05) is 6.92 Å². The Kier molecular flexibility index (Phi) is 6.08. The minimum absolute atomic E-state index is 0.0663. The summed E-state index contributed by atoms with van der Waals surface area (Å²) in [7, 11) is 1.66. The van der Waals surface area contributed by atoms with Gasteiger partial charge in [0.2, 0.25) is 0 Å². The van der Waals surface area contributed by atoms with Crippen molar-refractivity contribution >= 4 is 12.0 Å². The van der Waals surface area contributed by atoms with E-state index in [-0.39, 0.29) is 24.5 Å². The van der Waals surface area contributed by atoms with Gasteiger partial charge >= 0.3 is 12.0 Å². The number of hydrogen-bond donors (Lipinski definition) is 2. The number of piperidine rings is 1. The van der Waals surface area contributed by atoms with Gasteiger partial charge in [-0.25, -0.2) is 4.79 Å². The molecule has 3 atom stereocenters. The van der Waals surface area contributed by atoms with Crippen LogP contribution in [0.15, 0.2) is 0 Å². The van der Waals surface area contributed by atoms with E-state index in [1.165, 1.54) is 0 Å². The monoisotopic (exact) mass is 272 g/mol. The average molecular weight is 272 g/mol. The molecule has 0 spiro atoms. The van der Waals surface area contributed by atoms with Gasteiger partial charge in [0.05, 0.1) is 6.10 Å². The zero-order valence-electron chi connectivity index (χ0n) is 11.9. The van der Waals surface area contributed by atoms with Crippen LogP contribution in [0, 0.1) is 11.8 Å². The van der Waals surface area contributed by atoms with Crippen molar-refractivity contribution in [3.05, 3.63) is 0 Å². The van der Waals surface area contributed by atoms with Crippen LogP contribution < -0.4 is 5.32 Å². The number of carboxylic acids is 1. The molecule has 3 unspecified atom stereocenters.